The maximum Gasteiger partial charge on any atom is 0.417 e. The molecule has 0 bridgehead atoms. The van der Waals surface area contributed by atoms with Crippen LogP contribution >= 0.6 is 12.4 Å². The highest BCUT2D eigenvalue weighted by Gasteiger charge is 2.49. The molecule has 2 aromatic heterocycles. The highest BCUT2D eigenvalue weighted by Crippen LogP contribution is 2.36. The topological polar surface area (TPSA) is 78.9 Å². The van der Waals surface area contributed by atoms with E-state index in [1.165, 1.54) is 0 Å². The maximum absolute atomic E-state index is 14.1. The van der Waals surface area contributed by atoms with Crippen molar-refractivity contribution in [1.29, 1.82) is 0 Å². The number of halogens is 7. The Morgan fingerprint density at radius 3 is 2.14 bits per heavy atom. The maximum atomic E-state index is 14.1. The number of carbonyl (C=O) groups excluding carboxylic acids is 2. The molecule has 0 saturated carbocycles. The Morgan fingerprint density at radius 2 is 1.52 bits per heavy atom. The van der Waals surface area contributed by atoms with Crippen molar-refractivity contribution in [2.24, 2.45) is 0 Å². The summed E-state index contributed by atoms with van der Waals surface area (Å²) in [6.45, 7) is 1.05. The number of piperidine rings is 1. The van der Waals surface area contributed by atoms with Crippen molar-refractivity contribution in [2.75, 3.05) is 44.2 Å². The third-order valence-corrected chi connectivity index (χ3v) is 7.52. The highest BCUT2D eigenvalue weighted by atomic mass is 35.5. The molecule has 2 aliphatic heterocycles. The van der Waals surface area contributed by atoms with E-state index in [1.807, 2.05) is 17.0 Å². The van der Waals surface area contributed by atoms with Crippen LogP contribution in [0.4, 0.5) is 32.2 Å². The number of alkyl halides is 6. The van der Waals surface area contributed by atoms with Gasteiger partial charge in [0.15, 0.2) is 0 Å². The largest absolute Gasteiger partial charge is 0.476 e. The molecule has 3 aromatic rings. The lowest BCUT2D eigenvalue weighted by Crippen LogP contribution is -2.64. The Bertz CT molecular complexity index is 1450. The molecule has 0 spiro atoms. The molecule has 1 aromatic carbocycles. The Balaban J connectivity index is 0.00000442. The number of amides is 2. The summed E-state index contributed by atoms with van der Waals surface area (Å²) in [5, 5.41) is 0. The van der Waals surface area contributed by atoms with Crippen LogP contribution in [0.2, 0.25) is 0 Å². The second-order valence-electron chi connectivity index (χ2n) is 10.3. The van der Waals surface area contributed by atoms with Crippen LogP contribution in [0.15, 0.2) is 67.1 Å². The normalized spacial score (nSPS) is 19.3. The fraction of sp³-hybridized carbons (Fsp3) is 0.379. The van der Waals surface area contributed by atoms with E-state index in [2.05, 4.69) is 9.97 Å². The molecule has 236 valence electrons. The molecule has 5 rings (SSSR count). The fourth-order valence-corrected chi connectivity index (χ4v) is 5.38. The van der Waals surface area contributed by atoms with Gasteiger partial charge in [0.05, 0.1) is 23.2 Å². The van der Waals surface area contributed by atoms with E-state index in [4.69, 9.17) is 4.74 Å². The predicted molar refractivity (Wildman–Crippen MR) is 149 cm³/mol. The number of hydrogen-bond acceptors (Lipinski definition) is 6. The number of ether oxygens (including phenoxy) is 1. The first-order chi connectivity index (χ1) is 20.4. The summed E-state index contributed by atoms with van der Waals surface area (Å²) in [4.78, 5) is 40.2. The second-order valence-corrected chi connectivity index (χ2v) is 10.3. The van der Waals surface area contributed by atoms with Crippen LogP contribution in [0, 0.1) is 0 Å². The standard InChI is InChI=1S/C29H27F6N5O3.ClH/c30-28(31,32)20-5-7-21(8-6-20)43-27(26(42)39-16-14-38(15-17-39)24-4-1-2-11-37-24)10-3-13-40(19-27)25(41)22-18-36-12-9-23(22)29(33,34)35;/h1-2,4-9,11-12,18H,3,10,13-17,19H2;1H. The Hall–Kier alpha value is -4.07. The van der Waals surface area contributed by atoms with Crippen LogP contribution < -0.4 is 9.64 Å². The predicted octanol–water partition coefficient (Wildman–Crippen LogP) is 5.34. The smallest absolute Gasteiger partial charge is 0.417 e. The summed E-state index contributed by atoms with van der Waals surface area (Å²) < 4.78 is 86.7. The van der Waals surface area contributed by atoms with Crippen molar-refractivity contribution < 1.29 is 40.7 Å². The summed E-state index contributed by atoms with van der Waals surface area (Å²) in [6, 6.07) is 9.96. The Kier molecular flexibility index (Phi) is 9.62. The average molecular weight is 644 g/mol. The van der Waals surface area contributed by atoms with Crippen molar-refractivity contribution in [3.8, 4) is 5.75 Å². The van der Waals surface area contributed by atoms with Crippen molar-refractivity contribution >= 4 is 30.0 Å². The first-order valence-corrected chi connectivity index (χ1v) is 13.5. The van der Waals surface area contributed by atoms with Crippen molar-refractivity contribution in [3.63, 3.8) is 0 Å². The zero-order valence-corrected chi connectivity index (χ0v) is 24.0. The van der Waals surface area contributed by atoms with Gasteiger partial charge in [-0.3, -0.25) is 14.6 Å². The van der Waals surface area contributed by atoms with E-state index in [0.717, 1.165) is 47.4 Å². The average Bonchev–Trinajstić information content (AvgIpc) is 3.00. The van der Waals surface area contributed by atoms with Crippen LogP contribution in [0.1, 0.15) is 34.3 Å². The molecular formula is C29H28ClF6N5O3. The van der Waals surface area contributed by atoms with Gasteiger partial charge >= 0.3 is 12.4 Å². The zero-order valence-electron chi connectivity index (χ0n) is 23.1. The number of aromatic nitrogens is 2. The van der Waals surface area contributed by atoms with E-state index in [-0.39, 0.29) is 50.6 Å². The van der Waals surface area contributed by atoms with Gasteiger partial charge in [-0.1, -0.05) is 6.07 Å². The van der Waals surface area contributed by atoms with Gasteiger partial charge in [0, 0.05) is 51.3 Å². The number of benzene rings is 1. The first-order valence-electron chi connectivity index (χ1n) is 13.5. The number of hydrogen-bond donors (Lipinski definition) is 0. The summed E-state index contributed by atoms with van der Waals surface area (Å²) >= 11 is 0. The lowest BCUT2D eigenvalue weighted by atomic mass is 9.89. The summed E-state index contributed by atoms with van der Waals surface area (Å²) in [5.41, 5.74) is -4.50. The van der Waals surface area contributed by atoms with E-state index in [1.54, 1.807) is 17.2 Å². The van der Waals surface area contributed by atoms with Gasteiger partial charge < -0.3 is 19.4 Å². The van der Waals surface area contributed by atoms with Crippen LogP contribution in [0.5, 0.6) is 5.75 Å². The van der Waals surface area contributed by atoms with E-state index in [0.29, 0.717) is 19.2 Å². The van der Waals surface area contributed by atoms with Gasteiger partial charge in [0.25, 0.3) is 11.8 Å². The second kappa shape index (κ2) is 12.9. The van der Waals surface area contributed by atoms with Crippen LogP contribution in [-0.4, -0.2) is 76.5 Å². The zero-order chi connectivity index (χ0) is 30.8. The number of piperazine rings is 1. The monoisotopic (exact) mass is 643 g/mol. The van der Waals surface area contributed by atoms with Gasteiger partial charge in [-0.25, -0.2) is 4.98 Å². The molecule has 44 heavy (non-hydrogen) atoms. The molecular weight excluding hydrogens is 616 g/mol. The van der Waals surface area contributed by atoms with Gasteiger partial charge in [0.1, 0.15) is 11.6 Å². The minimum atomic E-state index is -4.82. The van der Waals surface area contributed by atoms with Crippen LogP contribution in [0.25, 0.3) is 0 Å². The third kappa shape index (κ3) is 7.01. The minimum Gasteiger partial charge on any atom is -0.476 e. The SMILES string of the molecule is Cl.O=C(c1cnccc1C(F)(F)F)N1CCCC(Oc2ccc(C(F)(F)F)cc2)(C(=O)N2CCN(c3ccccn3)CC2)C1. The van der Waals surface area contributed by atoms with E-state index < -0.39 is 53.0 Å². The number of pyridine rings is 2. The first kappa shape index (κ1) is 32.8. The molecule has 2 fully saturated rings. The number of likely N-dealkylation sites (tertiary alicyclic amines) is 1. The molecule has 0 aliphatic carbocycles. The van der Waals surface area contributed by atoms with E-state index in [9.17, 15) is 35.9 Å². The summed E-state index contributed by atoms with van der Waals surface area (Å²) in [6.07, 6.45) is -5.70. The van der Waals surface area contributed by atoms with Crippen LogP contribution in [-0.2, 0) is 17.1 Å². The molecule has 2 aliphatic rings. The lowest BCUT2D eigenvalue weighted by molar-refractivity contribution is -0.153. The molecule has 1 atom stereocenters. The van der Waals surface area contributed by atoms with E-state index >= 15 is 0 Å². The van der Waals surface area contributed by atoms with Crippen molar-refractivity contribution in [1.82, 2.24) is 19.8 Å². The van der Waals surface area contributed by atoms with Gasteiger partial charge in [-0.15, -0.1) is 12.4 Å². The van der Waals surface area contributed by atoms with Crippen LogP contribution in [0.3, 0.4) is 0 Å². The molecule has 2 amide bonds. The third-order valence-electron chi connectivity index (χ3n) is 7.52. The van der Waals surface area contributed by atoms with Crippen molar-refractivity contribution in [3.05, 3.63) is 83.8 Å². The van der Waals surface area contributed by atoms with Crippen molar-refractivity contribution in [2.45, 2.75) is 30.8 Å². The molecule has 8 nitrogen and oxygen atoms in total. The fourth-order valence-electron chi connectivity index (χ4n) is 5.38. The summed E-state index contributed by atoms with van der Waals surface area (Å²) in [5.74, 6) is -0.794. The number of carbonyl (C=O) groups is 2. The molecule has 15 heteroatoms. The summed E-state index contributed by atoms with van der Waals surface area (Å²) in [7, 11) is 0. The van der Waals surface area contributed by atoms with Gasteiger partial charge in [0.2, 0.25) is 5.60 Å². The Labute approximate surface area is 255 Å². The number of anilines is 1. The lowest BCUT2D eigenvalue weighted by Gasteiger charge is -2.45. The van der Waals surface area contributed by atoms with Gasteiger partial charge in [-0.05, 0) is 55.3 Å². The molecule has 1 unspecified atom stereocenters. The molecule has 0 N–H and O–H groups in total. The molecule has 0 radical (unpaired) electrons. The number of rotatable bonds is 5. The molecule has 4 heterocycles. The number of nitrogens with zero attached hydrogens (tertiary/aromatic N) is 5. The van der Waals surface area contributed by atoms with Gasteiger partial charge in [-0.2, -0.15) is 26.3 Å². The molecule has 2 saturated heterocycles. The Morgan fingerprint density at radius 1 is 0.818 bits per heavy atom. The highest BCUT2D eigenvalue weighted by molar-refractivity contribution is 5.96. The quantitative estimate of drug-likeness (QED) is 0.350. The minimum absolute atomic E-state index is 0.